The summed E-state index contributed by atoms with van der Waals surface area (Å²) in [6.45, 7) is 13.8. The molecule has 0 bridgehead atoms. The van der Waals surface area contributed by atoms with Crippen LogP contribution in [0.15, 0.2) is 113 Å². The molecule has 1 aliphatic rings. The lowest BCUT2D eigenvalue weighted by atomic mass is 9.78. The molecule has 1 aliphatic heterocycles. The van der Waals surface area contributed by atoms with Crippen molar-refractivity contribution in [1.82, 2.24) is 0 Å². The first-order valence-electron chi connectivity index (χ1n) is 15.2. The normalized spacial score (nSPS) is 16.2. The Morgan fingerprint density at radius 2 is 1.67 bits per heavy atom. The molecule has 226 valence electrons. The van der Waals surface area contributed by atoms with Crippen molar-refractivity contribution < 1.29 is 19.2 Å². The summed E-state index contributed by atoms with van der Waals surface area (Å²) in [5, 5.41) is 23.2. The van der Waals surface area contributed by atoms with Gasteiger partial charge < -0.3 is 19.2 Å². The molecule has 0 aliphatic carbocycles. The zero-order valence-corrected chi connectivity index (χ0v) is 28.4. The van der Waals surface area contributed by atoms with Crippen LogP contribution >= 0.6 is 15.9 Å². The van der Waals surface area contributed by atoms with E-state index in [0.29, 0.717) is 19.3 Å². The van der Waals surface area contributed by atoms with Crippen LogP contribution in [0.25, 0.3) is 6.08 Å². The molecule has 0 amide bonds. The summed E-state index contributed by atoms with van der Waals surface area (Å²) in [5.41, 5.74) is 3.91. The average Bonchev–Trinajstić information content (AvgIpc) is 2.98. The highest BCUT2D eigenvalue weighted by atomic mass is 79.9. The van der Waals surface area contributed by atoms with Crippen molar-refractivity contribution in [2.75, 3.05) is 6.61 Å². The molecule has 3 aromatic rings. The lowest BCUT2D eigenvalue weighted by molar-refractivity contribution is 0.180. The van der Waals surface area contributed by atoms with Crippen molar-refractivity contribution in [3.05, 3.63) is 118 Å². The Morgan fingerprint density at radius 3 is 2.26 bits per heavy atom. The van der Waals surface area contributed by atoms with Crippen molar-refractivity contribution >= 4 is 47.8 Å². The van der Waals surface area contributed by atoms with Gasteiger partial charge in [-0.3, -0.25) is 0 Å². The molecule has 4 rings (SSSR count). The fraction of sp³-hybridized carbons (Fsp3) is 0.333. The molecule has 1 heterocycles. The Hall–Kier alpha value is -2.68. The Bertz CT molecular complexity index is 1390. The Balaban J connectivity index is 1.58. The van der Waals surface area contributed by atoms with Crippen LogP contribution in [0, 0.1) is 0 Å². The Kier molecular flexibility index (Phi) is 11.5. The summed E-state index contributed by atoms with van der Waals surface area (Å²) in [5.74, 6) is 0.260. The lowest BCUT2D eigenvalue weighted by Gasteiger charge is -2.43. The van der Waals surface area contributed by atoms with Gasteiger partial charge in [0.05, 0.1) is 12.7 Å². The molecule has 0 spiro atoms. The predicted octanol–water partition coefficient (Wildman–Crippen LogP) is 8.06. The van der Waals surface area contributed by atoms with Gasteiger partial charge in [-0.2, -0.15) is 0 Å². The predicted molar refractivity (Wildman–Crippen MR) is 186 cm³/mol. The third kappa shape index (κ3) is 8.08. The van der Waals surface area contributed by atoms with Gasteiger partial charge in [0, 0.05) is 16.4 Å². The maximum atomic E-state index is 10.4. The summed E-state index contributed by atoms with van der Waals surface area (Å²) in [7, 11) is -3.57. The van der Waals surface area contributed by atoms with Gasteiger partial charge in [-0.05, 0) is 64.0 Å². The van der Waals surface area contributed by atoms with Gasteiger partial charge in [0.25, 0.3) is 8.32 Å². The van der Waals surface area contributed by atoms with E-state index in [0.717, 1.165) is 40.4 Å². The van der Waals surface area contributed by atoms with E-state index in [-0.39, 0.29) is 16.9 Å². The van der Waals surface area contributed by atoms with E-state index in [1.165, 1.54) is 15.9 Å². The SMILES string of the molecule is C=C(CO[Si](c1ccccc1)(c1ccccc1)C(C)(C)C)C1=CCB(O)OC1CC/C(=C/c1cc(Br)ccc1O)CCC. The van der Waals surface area contributed by atoms with Crippen LogP contribution in [0.5, 0.6) is 5.75 Å². The zero-order valence-electron chi connectivity index (χ0n) is 25.9. The number of hydrogen-bond acceptors (Lipinski definition) is 4. The van der Waals surface area contributed by atoms with Crippen LogP contribution in [0.3, 0.4) is 0 Å². The highest BCUT2D eigenvalue weighted by Gasteiger charge is 2.50. The second kappa shape index (κ2) is 14.9. The van der Waals surface area contributed by atoms with Gasteiger partial charge in [-0.15, -0.1) is 0 Å². The molecule has 0 radical (unpaired) electrons. The van der Waals surface area contributed by atoms with E-state index in [4.69, 9.17) is 9.08 Å². The number of phenolic OH excluding ortho intramolecular Hbond substituents is 1. The standard InChI is InChI=1S/C36H44BBrO4Si/c1-6-13-28(24-29-25-30(38)19-20-34(29)39)18-21-35-33(22-23-37(40)42-35)27(2)26-41-43(36(3,4)5,31-14-9-7-10-15-31)32-16-11-8-12-17-32/h7-12,14-17,19-20,22,24-25,35,39-40H,2,6,13,18,21,23,26H2,1,3-5H3/b28-24+. The summed E-state index contributed by atoms with van der Waals surface area (Å²) in [6, 6.07) is 26.7. The summed E-state index contributed by atoms with van der Waals surface area (Å²) >= 11 is 3.51. The highest BCUT2D eigenvalue weighted by molar-refractivity contribution is 9.10. The molecule has 3 aromatic carbocycles. The molecule has 2 N–H and O–H groups in total. The Morgan fingerprint density at radius 1 is 1.05 bits per heavy atom. The molecular weight excluding hydrogens is 615 g/mol. The van der Waals surface area contributed by atoms with Crippen LogP contribution in [0.4, 0.5) is 0 Å². The molecule has 1 unspecified atom stereocenters. The summed E-state index contributed by atoms with van der Waals surface area (Å²) in [4.78, 5) is 0. The molecule has 4 nitrogen and oxygen atoms in total. The van der Waals surface area contributed by atoms with Crippen LogP contribution in [-0.4, -0.2) is 38.3 Å². The first-order valence-corrected chi connectivity index (χ1v) is 17.9. The van der Waals surface area contributed by atoms with Crippen molar-refractivity contribution in [1.29, 1.82) is 0 Å². The third-order valence-corrected chi connectivity index (χ3v) is 13.6. The topological polar surface area (TPSA) is 58.9 Å². The van der Waals surface area contributed by atoms with Gasteiger partial charge in [0.2, 0.25) is 0 Å². The number of phenols is 1. The maximum Gasteiger partial charge on any atom is 0.458 e. The molecule has 0 saturated carbocycles. The minimum atomic E-state index is -2.73. The number of allylic oxidation sites excluding steroid dienone is 2. The third-order valence-electron chi connectivity index (χ3n) is 8.14. The minimum absolute atomic E-state index is 0.138. The smallest absolute Gasteiger partial charge is 0.458 e. The van der Waals surface area contributed by atoms with Crippen molar-refractivity contribution in [3.8, 4) is 5.75 Å². The van der Waals surface area contributed by atoms with Crippen LogP contribution < -0.4 is 10.4 Å². The number of halogens is 1. The first-order chi connectivity index (χ1) is 20.5. The lowest BCUT2D eigenvalue weighted by Crippen LogP contribution is -2.66. The molecule has 0 aromatic heterocycles. The number of aromatic hydroxyl groups is 1. The van der Waals surface area contributed by atoms with E-state index in [2.05, 4.69) is 123 Å². The number of rotatable bonds is 12. The summed E-state index contributed by atoms with van der Waals surface area (Å²) < 4.78 is 14.2. The highest BCUT2D eigenvalue weighted by Crippen LogP contribution is 2.38. The monoisotopic (exact) mass is 658 g/mol. The van der Waals surface area contributed by atoms with E-state index in [1.54, 1.807) is 6.07 Å². The van der Waals surface area contributed by atoms with E-state index in [1.807, 2.05) is 12.1 Å². The summed E-state index contributed by atoms with van der Waals surface area (Å²) in [6.07, 6.45) is 7.66. The molecular formula is C36H44BBrO4Si. The second-order valence-electron chi connectivity index (χ2n) is 12.3. The average molecular weight is 660 g/mol. The van der Waals surface area contributed by atoms with Gasteiger partial charge in [0.15, 0.2) is 0 Å². The van der Waals surface area contributed by atoms with E-state index in [9.17, 15) is 10.1 Å². The van der Waals surface area contributed by atoms with Gasteiger partial charge in [-0.1, -0.05) is 135 Å². The largest absolute Gasteiger partial charge is 0.507 e. The molecule has 1 atom stereocenters. The van der Waals surface area contributed by atoms with E-state index < -0.39 is 15.4 Å². The fourth-order valence-electron chi connectivity index (χ4n) is 6.08. The van der Waals surface area contributed by atoms with Gasteiger partial charge in [-0.25, -0.2) is 0 Å². The second-order valence-corrected chi connectivity index (χ2v) is 17.5. The van der Waals surface area contributed by atoms with Crippen LogP contribution in [0.1, 0.15) is 58.9 Å². The van der Waals surface area contributed by atoms with Crippen molar-refractivity contribution in [2.24, 2.45) is 0 Å². The van der Waals surface area contributed by atoms with Crippen LogP contribution in [-0.2, 0) is 9.08 Å². The van der Waals surface area contributed by atoms with Crippen LogP contribution in [0.2, 0.25) is 11.4 Å². The van der Waals surface area contributed by atoms with Gasteiger partial charge >= 0.3 is 7.12 Å². The van der Waals surface area contributed by atoms with E-state index >= 15 is 0 Å². The number of hydrogen-bond donors (Lipinski definition) is 2. The molecule has 7 heteroatoms. The molecule has 43 heavy (non-hydrogen) atoms. The quantitative estimate of drug-likeness (QED) is 0.193. The molecule has 0 fully saturated rings. The fourth-order valence-corrected chi connectivity index (χ4v) is 11.0. The zero-order chi connectivity index (χ0) is 31.0. The van der Waals surface area contributed by atoms with Crippen molar-refractivity contribution in [3.63, 3.8) is 0 Å². The minimum Gasteiger partial charge on any atom is -0.507 e. The van der Waals surface area contributed by atoms with Gasteiger partial charge in [0.1, 0.15) is 5.75 Å². The first kappa shape index (κ1) is 33.2. The van der Waals surface area contributed by atoms with Crippen molar-refractivity contribution in [2.45, 2.75) is 70.8 Å². The Labute approximate surface area is 267 Å². The number of benzene rings is 3. The maximum absolute atomic E-state index is 10.4. The molecule has 0 saturated heterocycles.